The molecule has 2 N–H and O–H groups in total. The van der Waals surface area contributed by atoms with E-state index in [1.165, 1.54) is 41.9 Å². The van der Waals surface area contributed by atoms with Gasteiger partial charge in [0.2, 0.25) is 0 Å². The molecular weight excluding hydrogens is 621 g/mol. The molecular formula is C23H19ClF4IN3O2S. The molecule has 0 spiro atoms. The molecule has 3 aromatic rings. The predicted octanol–water partition coefficient (Wildman–Crippen LogP) is 6.48. The van der Waals surface area contributed by atoms with Crippen molar-refractivity contribution in [2.75, 3.05) is 10.0 Å². The maximum Gasteiger partial charge on any atom is 0.417 e. The Morgan fingerprint density at radius 3 is 2.51 bits per heavy atom. The van der Waals surface area contributed by atoms with Gasteiger partial charge in [-0.1, -0.05) is 17.7 Å². The van der Waals surface area contributed by atoms with Crippen LogP contribution in [0.4, 0.5) is 34.8 Å². The van der Waals surface area contributed by atoms with Gasteiger partial charge < -0.3 is 10.0 Å². The van der Waals surface area contributed by atoms with Gasteiger partial charge in [0.1, 0.15) is 22.6 Å². The highest BCUT2D eigenvalue weighted by Crippen LogP contribution is 2.47. The van der Waals surface area contributed by atoms with Gasteiger partial charge in [-0.15, -0.1) is 0 Å². The van der Waals surface area contributed by atoms with Gasteiger partial charge >= 0.3 is 6.18 Å². The van der Waals surface area contributed by atoms with E-state index in [1.54, 1.807) is 13.0 Å². The molecule has 3 atom stereocenters. The standard InChI is InChI=1S/C23H19ClF4IN3O2S/c1-11-7-19(21(32(2)22(11)33)30-18-6-4-13(29)9-17(18)25)31-35(34)20-10-14(20)12-3-5-16(24)15(8-12)23(26,27)28/h3-9,14,20,30-31H,10H2,1-2H3. The SMILES string of the molecule is Cc1cc(NS(=O)C2CC2c2ccc(Cl)c(C(F)(F)F)c2)c(Nc2ccc(I)cc2F)n(C)c1=O. The molecule has 35 heavy (non-hydrogen) atoms. The Bertz CT molecular complexity index is 1400. The maximum atomic E-state index is 14.4. The number of hydrogen-bond donors (Lipinski definition) is 2. The van der Waals surface area contributed by atoms with Gasteiger partial charge in [0, 0.05) is 22.1 Å². The van der Waals surface area contributed by atoms with E-state index in [9.17, 15) is 26.6 Å². The average Bonchev–Trinajstić information content (AvgIpc) is 3.57. The summed E-state index contributed by atoms with van der Waals surface area (Å²) in [5.74, 6) is -0.667. The average molecular weight is 640 g/mol. The first-order chi connectivity index (χ1) is 16.4. The zero-order valence-corrected chi connectivity index (χ0v) is 22.1. The molecule has 3 unspecified atom stereocenters. The lowest BCUT2D eigenvalue weighted by molar-refractivity contribution is -0.137. The predicted molar refractivity (Wildman–Crippen MR) is 138 cm³/mol. The van der Waals surface area contributed by atoms with Gasteiger partial charge in [0.25, 0.3) is 5.56 Å². The van der Waals surface area contributed by atoms with E-state index in [0.29, 0.717) is 26.8 Å². The van der Waals surface area contributed by atoms with Gasteiger partial charge in [0.15, 0.2) is 0 Å². The molecule has 4 rings (SSSR count). The monoisotopic (exact) mass is 639 g/mol. The second-order valence-electron chi connectivity index (χ2n) is 8.22. The van der Waals surface area contributed by atoms with Crippen LogP contribution in [-0.4, -0.2) is 14.0 Å². The number of halogens is 6. The summed E-state index contributed by atoms with van der Waals surface area (Å²) in [6.45, 7) is 1.60. The van der Waals surface area contributed by atoms with Crippen molar-refractivity contribution in [1.29, 1.82) is 0 Å². The largest absolute Gasteiger partial charge is 0.417 e. The van der Waals surface area contributed by atoms with Crippen molar-refractivity contribution in [2.45, 2.75) is 30.7 Å². The summed E-state index contributed by atoms with van der Waals surface area (Å²) >= 11 is 7.68. The zero-order chi connectivity index (χ0) is 25.7. The summed E-state index contributed by atoms with van der Waals surface area (Å²) in [5.41, 5.74) is -0.0409. The number of rotatable bonds is 6. The third-order valence-corrected chi connectivity index (χ3v) is 8.21. The van der Waals surface area contributed by atoms with Crippen molar-refractivity contribution >= 4 is 62.4 Å². The van der Waals surface area contributed by atoms with Crippen LogP contribution < -0.4 is 15.6 Å². The number of aromatic nitrogens is 1. The van der Waals surface area contributed by atoms with E-state index in [1.807, 2.05) is 22.6 Å². The highest BCUT2D eigenvalue weighted by atomic mass is 127. The number of nitrogens with zero attached hydrogens (tertiary/aromatic N) is 1. The van der Waals surface area contributed by atoms with Crippen LogP contribution in [0.2, 0.25) is 5.02 Å². The Labute approximate surface area is 219 Å². The van der Waals surface area contributed by atoms with Crippen LogP contribution in [0.1, 0.15) is 29.0 Å². The number of alkyl halides is 3. The number of anilines is 3. The smallest absolute Gasteiger partial charge is 0.337 e. The van der Waals surface area contributed by atoms with E-state index in [0.717, 1.165) is 6.07 Å². The van der Waals surface area contributed by atoms with Gasteiger partial charge in [-0.25, -0.2) is 8.60 Å². The molecule has 0 aliphatic heterocycles. The molecule has 5 nitrogen and oxygen atoms in total. The van der Waals surface area contributed by atoms with Crippen LogP contribution in [0.5, 0.6) is 0 Å². The van der Waals surface area contributed by atoms with Gasteiger partial charge in [0.05, 0.1) is 27.2 Å². The van der Waals surface area contributed by atoms with Crippen LogP contribution in [0, 0.1) is 16.3 Å². The Hall–Kier alpha value is -2.12. The van der Waals surface area contributed by atoms with E-state index >= 15 is 0 Å². The van der Waals surface area contributed by atoms with Crippen molar-refractivity contribution in [2.24, 2.45) is 7.05 Å². The first kappa shape index (κ1) is 26.0. The van der Waals surface area contributed by atoms with Crippen molar-refractivity contribution in [3.8, 4) is 0 Å². The molecule has 0 saturated heterocycles. The van der Waals surface area contributed by atoms with Gasteiger partial charge in [-0.2, -0.15) is 13.2 Å². The summed E-state index contributed by atoms with van der Waals surface area (Å²) in [6.07, 6.45) is -4.18. The second kappa shape index (κ2) is 9.74. The number of benzene rings is 2. The van der Waals surface area contributed by atoms with Gasteiger partial charge in [-0.05, 0) is 77.9 Å². The minimum absolute atomic E-state index is 0.128. The zero-order valence-electron chi connectivity index (χ0n) is 18.3. The molecule has 12 heteroatoms. The highest BCUT2D eigenvalue weighted by Gasteiger charge is 2.45. The second-order valence-corrected chi connectivity index (χ2v) is 11.3. The molecule has 1 aliphatic rings. The highest BCUT2D eigenvalue weighted by molar-refractivity contribution is 14.1. The molecule has 0 radical (unpaired) electrons. The number of nitrogens with one attached hydrogen (secondary N) is 2. The van der Waals surface area contributed by atoms with E-state index in [-0.39, 0.29) is 23.0 Å². The number of aryl methyl sites for hydroxylation is 1. The first-order valence-corrected chi connectivity index (χ1v) is 13.0. The maximum absolute atomic E-state index is 14.4. The molecule has 1 heterocycles. The van der Waals surface area contributed by atoms with Gasteiger partial charge in [-0.3, -0.25) is 9.36 Å². The third kappa shape index (κ3) is 5.51. The lowest BCUT2D eigenvalue weighted by atomic mass is 10.1. The minimum Gasteiger partial charge on any atom is -0.337 e. The van der Waals surface area contributed by atoms with Crippen LogP contribution in [0.25, 0.3) is 0 Å². The molecule has 1 aliphatic carbocycles. The van der Waals surface area contributed by atoms with E-state index in [4.69, 9.17) is 11.6 Å². The normalized spacial score (nSPS) is 18.3. The van der Waals surface area contributed by atoms with E-state index < -0.39 is 38.8 Å². The van der Waals surface area contributed by atoms with Crippen LogP contribution >= 0.6 is 34.2 Å². The van der Waals surface area contributed by atoms with Crippen molar-refractivity contribution < 1.29 is 21.8 Å². The Morgan fingerprint density at radius 1 is 1.14 bits per heavy atom. The summed E-state index contributed by atoms with van der Waals surface area (Å²) < 4.78 is 72.0. The Morgan fingerprint density at radius 2 is 1.86 bits per heavy atom. The molecule has 0 amide bonds. The molecule has 1 fully saturated rings. The Kier molecular flexibility index (Phi) is 7.22. The lowest BCUT2D eigenvalue weighted by Gasteiger charge is -2.18. The number of hydrogen-bond acceptors (Lipinski definition) is 3. The van der Waals surface area contributed by atoms with Crippen molar-refractivity contribution in [3.63, 3.8) is 0 Å². The van der Waals surface area contributed by atoms with Crippen molar-refractivity contribution in [1.82, 2.24) is 4.57 Å². The molecule has 1 saturated carbocycles. The Balaban J connectivity index is 1.59. The fraction of sp³-hybridized carbons (Fsp3) is 0.261. The summed E-state index contributed by atoms with van der Waals surface area (Å²) in [7, 11) is -0.188. The minimum atomic E-state index is -4.59. The fourth-order valence-corrected chi connectivity index (χ4v) is 5.81. The molecule has 2 aromatic carbocycles. The summed E-state index contributed by atoms with van der Waals surface area (Å²) in [6, 6.07) is 9.75. The molecule has 1 aromatic heterocycles. The van der Waals surface area contributed by atoms with Crippen molar-refractivity contribution in [3.05, 3.63) is 83.9 Å². The summed E-state index contributed by atoms with van der Waals surface area (Å²) in [5, 5.41) is 2.05. The summed E-state index contributed by atoms with van der Waals surface area (Å²) in [4.78, 5) is 12.5. The van der Waals surface area contributed by atoms with E-state index in [2.05, 4.69) is 10.0 Å². The molecule has 186 valence electrons. The fourth-order valence-electron chi connectivity index (χ4n) is 3.77. The lowest BCUT2D eigenvalue weighted by Crippen LogP contribution is -2.24. The van der Waals surface area contributed by atoms with Crippen LogP contribution in [0.15, 0.2) is 47.3 Å². The van der Waals surface area contributed by atoms with Crippen LogP contribution in [-0.2, 0) is 24.2 Å². The topological polar surface area (TPSA) is 63.1 Å². The quantitative estimate of drug-likeness (QED) is 0.240. The molecule has 0 bridgehead atoms. The van der Waals surface area contributed by atoms with Crippen LogP contribution in [0.3, 0.4) is 0 Å². The third-order valence-electron chi connectivity index (χ3n) is 5.72. The first-order valence-electron chi connectivity index (χ1n) is 10.3. The number of pyridine rings is 1.